The van der Waals surface area contributed by atoms with E-state index in [1.807, 2.05) is 6.92 Å². The van der Waals surface area contributed by atoms with Crippen LogP contribution in [0.4, 0.5) is 0 Å². The Bertz CT molecular complexity index is 601. The van der Waals surface area contributed by atoms with Crippen molar-refractivity contribution in [3.63, 3.8) is 0 Å². The van der Waals surface area contributed by atoms with Crippen LogP contribution in [0.2, 0.25) is 0 Å². The van der Waals surface area contributed by atoms with Crippen LogP contribution >= 0.6 is 0 Å². The summed E-state index contributed by atoms with van der Waals surface area (Å²) in [4.78, 5) is 23.5. The van der Waals surface area contributed by atoms with Gasteiger partial charge in [0.15, 0.2) is 0 Å². The van der Waals surface area contributed by atoms with Crippen LogP contribution in [0.25, 0.3) is 0 Å². The molecule has 1 aromatic rings. The van der Waals surface area contributed by atoms with Crippen LogP contribution in [-0.2, 0) is 16.0 Å². The Morgan fingerprint density at radius 2 is 2.14 bits per heavy atom. The zero-order valence-electron chi connectivity index (χ0n) is 12.4. The van der Waals surface area contributed by atoms with E-state index in [1.165, 1.54) is 16.7 Å². The van der Waals surface area contributed by atoms with E-state index in [-0.39, 0.29) is 30.8 Å². The SMILES string of the molecule is C#CCNC(=O)CC(=O)N[C@H]1c2cc(C)ccc2C[C@@H]1C. The Hall–Kier alpha value is -2.28. The molecule has 21 heavy (non-hydrogen) atoms. The van der Waals surface area contributed by atoms with E-state index in [4.69, 9.17) is 6.42 Å². The van der Waals surface area contributed by atoms with Gasteiger partial charge in [0.2, 0.25) is 11.8 Å². The third-order valence-electron chi connectivity index (χ3n) is 3.77. The molecule has 2 amide bonds. The summed E-state index contributed by atoms with van der Waals surface area (Å²) >= 11 is 0. The van der Waals surface area contributed by atoms with Gasteiger partial charge < -0.3 is 10.6 Å². The molecule has 0 saturated heterocycles. The predicted octanol–water partition coefficient (Wildman–Crippen LogP) is 1.48. The Balaban J connectivity index is 2.00. The Labute approximate surface area is 125 Å². The van der Waals surface area contributed by atoms with Crippen molar-refractivity contribution in [2.45, 2.75) is 32.7 Å². The molecule has 0 unspecified atom stereocenters. The molecule has 0 aromatic heterocycles. The fourth-order valence-corrected chi connectivity index (χ4v) is 2.76. The topological polar surface area (TPSA) is 58.2 Å². The van der Waals surface area contributed by atoms with Gasteiger partial charge in [-0.25, -0.2) is 0 Å². The molecule has 4 heteroatoms. The van der Waals surface area contributed by atoms with Crippen LogP contribution in [0.5, 0.6) is 0 Å². The van der Waals surface area contributed by atoms with Crippen LogP contribution < -0.4 is 10.6 Å². The zero-order valence-corrected chi connectivity index (χ0v) is 12.4. The molecule has 0 radical (unpaired) electrons. The molecule has 2 N–H and O–H groups in total. The smallest absolute Gasteiger partial charge is 0.230 e. The van der Waals surface area contributed by atoms with Crippen LogP contribution in [0.1, 0.15) is 36.1 Å². The molecule has 110 valence electrons. The first kappa shape index (κ1) is 15.1. The number of fused-ring (bicyclic) bond motifs is 1. The number of amides is 2. The minimum Gasteiger partial charge on any atom is -0.349 e. The van der Waals surface area contributed by atoms with Gasteiger partial charge in [0.25, 0.3) is 0 Å². The molecule has 2 atom stereocenters. The Morgan fingerprint density at radius 3 is 2.86 bits per heavy atom. The maximum Gasteiger partial charge on any atom is 0.230 e. The molecule has 0 heterocycles. The molecule has 0 saturated carbocycles. The number of rotatable bonds is 4. The highest BCUT2D eigenvalue weighted by atomic mass is 16.2. The minimum absolute atomic E-state index is 0.0205. The molecule has 0 aliphatic heterocycles. The fraction of sp³-hybridized carbons (Fsp3) is 0.412. The van der Waals surface area contributed by atoms with Gasteiger partial charge in [-0.2, -0.15) is 0 Å². The highest BCUT2D eigenvalue weighted by molar-refractivity contribution is 5.97. The average Bonchev–Trinajstić information content (AvgIpc) is 2.72. The maximum absolute atomic E-state index is 12.0. The van der Waals surface area contributed by atoms with Crippen molar-refractivity contribution in [1.29, 1.82) is 0 Å². The summed E-state index contributed by atoms with van der Waals surface area (Å²) < 4.78 is 0. The number of aryl methyl sites for hydroxylation is 1. The quantitative estimate of drug-likeness (QED) is 0.650. The number of benzene rings is 1. The van der Waals surface area contributed by atoms with E-state index in [0.717, 1.165) is 6.42 Å². The first-order valence-corrected chi connectivity index (χ1v) is 7.10. The van der Waals surface area contributed by atoms with Crippen LogP contribution in [0, 0.1) is 25.2 Å². The molecule has 2 rings (SSSR count). The van der Waals surface area contributed by atoms with Gasteiger partial charge in [-0.15, -0.1) is 6.42 Å². The van der Waals surface area contributed by atoms with Crippen LogP contribution in [0.3, 0.4) is 0 Å². The Morgan fingerprint density at radius 1 is 1.38 bits per heavy atom. The van der Waals surface area contributed by atoms with Gasteiger partial charge in [-0.05, 0) is 30.4 Å². The van der Waals surface area contributed by atoms with E-state index in [2.05, 4.69) is 41.7 Å². The normalized spacial score (nSPS) is 19.5. The van der Waals surface area contributed by atoms with Crippen molar-refractivity contribution < 1.29 is 9.59 Å². The second-order valence-corrected chi connectivity index (χ2v) is 5.59. The standard InChI is InChI=1S/C17H20N2O2/c1-4-7-18-15(20)10-16(21)19-17-12(3)9-13-6-5-11(2)8-14(13)17/h1,5-6,8,12,17H,7,9-10H2,2-3H3,(H,18,20)(H,19,21)/t12-,17+/m0/s1. The largest absolute Gasteiger partial charge is 0.349 e. The third kappa shape index (κ3) is 3.63. The van der Waals surface area contributed by atoms with E-state index in [9.17, 15) is 9.59 Å². The molecule has 1 aromatic carbocycles. The van der Waals surface area contributed by atoms with E-state index in [1.54, 1.807) is 0 Å². The van der Waals surface area contributed by atoms with Gasteiger partial charge >= 0.3 is 0 Å². The lowest BCUT2D eigenvalue weighted by atomic mass is 10.0. The van der Waals surface area contributed by atoms with Crippen LogP contribution in [0.15, 0.2) is 18.2 Å². The molecule has 1 aliphatic carbocycles. The van der Waals surface area contributed by atoms with E-state index < -0.39 is 0 Å². The first-order chi connectivity index (χ1) is 10.0. The van der Waals surface area contributed by atoms with Gasteiger partial charge in [-0.3, -0.25) is 9.59 Å². The van der Waals surface area contributed by atoms with Crippen molar-refractivity contribution in [2.75, 3.05) is 6.54 Å². The molecule has 0 bridgehead atoms. The molecule has 0 spiro atoms. The van der Waals surface area contributed by atoms with Gasteiger partial charge in [-0.1, -0.05) is 36.6 Å². The summed E-state index contributed by atoms with van der Waals surface area (Å²) in [7, 11) is 0. The van der Waals surface area contributed by atoms with Gasteiger partial charge in [0.05, 0.1) is 12.6 Å². The van der Waals surface area contributed by atoms with Gasteiger partial charge in [0.1, 0.15) is 6.42 Å². The first-order valence-electron chi connectivity index (χ1n) is 7.10. The summed E-state index contributed by atoms with van der Waals surface area (Å²) in [5.74, 6) is 2.03. The fourth-order valence-electron chi connectivity index (χ4n) is 2.76. The van der Waals surface area contributed by atoms with E-state index >= 15 is 0 Å². The predicted molar refractivity (Wildman–Crippen MR) is 81.4 cm³/mol. The van der Waals surface area contributed by atoms with Crippen molar-refractivity contribution >= 4 is 11.8 Å². The summed E-state index contributed by atoms with van der Waals surface area (Å²) in [5, 5.41) is 5.46. The molecule has 4 nitrogen and oxygen atoms in total. The maximum atomic E-state index is 12.0. The third-order valence-corrected chi connectivity index (χ3v) is 3.77. The molecular formula is C17H20N2O2. The van der Waals surface area contributed by atoms with Gasteiger partial charge in [0, 0.05) is 0 Å². The lowest BCUT2D eigenvalue weighted by Gasteiger charge is -2.19. The number of terminal acetylenes is 1. The number of nitrogens with one attached hydrogen (secondary N) is 2. The minimum atomic E-state index is -0.347. The lowest BCUT2D eigenvalue weighted by molar-refractivity contribution is -0.129. The Kier molecular flexibility index (Phi) is 4.64. The lowest BCUT2D eigenvalue weighted by Crippen LogP contribution is -2.35. The molecule has 1 aliphatic rings. The molecule has 0 fully saturated rings. The van der Waals surface area contributed by atoms with Crippen molar-refractivity contribution in [3.8, 4) is 12.3 Å². The number of carbonyl (C=O) groups is 2. The van der Waals surface area contributed by atoms with E-state index in [0.29, 0.717) is 5.92 Å². The average molecular weight is 284 g/mol. The number of carbonyl (C=O) groups excluding carboxylic acids is 2. The van der Waals surface area contributed by atoms with Crippen molar-refractivity contribution in [3.05, 3.63) is 34.9 Å². The molecular weight excluding hydrogens is 264 g/mol. The number of hydrogen-bond acceptors (Lipinski definition) is 2. The second kappa shape index (κ2) is 6.45. The summed E-state index contributed by atoms with van der Waals surface area (Å²) in [6.45, 7) is 4.29. The zero-order chi connectivity index (χ0) is 15.4. The van der Waals surface area contributed by atoms with Crippen molar-refractivity contribution in [1.82, 2.24) is 10.6 Å². The summed E-state index contributed by atoms with van der Waals surface area (Å²) in [6, 6.07) is 6.30. The highest BCUT2D eigenvalue weighted by Crippen LogP contribution is 2.36. The van der Waals surface area contributed by atoms with Crippen molar-refractivity contribution in [2.24, 2.45) is 5.92 Å². The highest BCUT2D eigenvalue weighted by Gasteiger charge is 2.30. The monoisotopic (exact) mass is 284 g/mol. The summed E-state index contributed by atoms with van der Waals surface area (Å²) in [6.07, 6.45) is 5.82. The number of hydrogen-bond donors (Lipinski definition) is 2. The second-order valence-electron chi connectivity index (χ2n) is 5.59. The summed E-state index contributed by atoms with van der Waals surface area (Å²) in [5.41, 5.74) is 3.61. The van der Waals surface area contributed by atoms with Crippen LogP contribution in [-0.4, -0.2) is 18.4 Å².